The third kappa shape index (κ3) is 9.11. The van der Waals surface area contributed by atoms with Gasteiger partial charge in [0.25, 0.3) is 0 Å². The number of fused-ring (bicyclic) bond motifs is 1. The minimum Gasteiger partial charge on any atom is -0.444 e. The fraction of sp³-hybridized carbons (Fsp3) is 0.706. The molecule has 0 spiro atoms. The van der Waals surface area contributed by atoms with Crippen LogP contribution in [0.4, 0.5) is 15.4 Å². The molecule has 4 rings (SSSR count). The number of allylic oxidation sites excluding steroid dienone is 1. The Kier molecular flexibility index (Phi) is 10.5. The summed E-state index contributed by atoms with van der Waals surface area (Å²) in [5, 5.41) is 1.01. The molecule has 2 atom stereocenters. The zero-order valence-corrected chi connectivity index (χ0v) is 28.2. The van der Waals surface area contributed by atoms with Gasteiger partial charge in [0.15, 0.2) is 0 Å². The maximum absolute atomic E-state index is 13.4. The molecule has 2 saturated carbocycles. The first-order valence-corrected chi connectivity index (χ1v) is 16.3. The highest BCUT2D eigenvalue weighted by molar-refractivity contribution is 5.90. The highest BCUT2D eigenvalue weighted by atomic mass is 16.6. The quantitative estimate of drug-likeness (QED) is 0.263. The van der Waals surface area contributed by atoms with E-state index >= 15 is 0 Å². The van der Waals surface area contributed by atoms with Crippen LogP contribution in [0.15, 0.2) is 24.2 Å². The number of carbonyl (C=O) groups excluding carboxylic acids is 2. The van der Waals surface area contributed by atoms with Gasteiger partial charge in [0.1, 0.15) is 29.0 Å². The van der Waals surface area contributed by atoms with Crippen LogP contribution in [0.25, 0.3) is 11.0 Å². The van der Waals surface area contributed by atoms with Crippen molar-refractivity contribution in [2.24, 2.45) is 5.92 Å². The molecule has 0 radical (unpaired) electrons. The van der Waals surface area contributed by atoms with E-state index in [0.717, 1.165) is 36.7 Å². The van der Waals surface area contributed by atoms with Crippen LogP contribution in [0.2, 0.25) is 0 Å². The number of nitrogens with zero attached hydrogens (tertiary/aromatic N) is 5. The van der Waals surface area contributed by atoms with Crippen molar-refractivity contribution in [3.8, 4) is 0 Å². The summed E-state index contributed by atoms with van der Waals surface area (Å²) in [5.41, 5.74) is 8.56. The van der Waals surface area contributed by atoms with Crippen molar-refractivity contribution in [1.29, 1.82) is 0 Å². The molecule has 2 aromatic heterocycles. The topological polar surface area (TPSA) is 116 Å². The zero-order chi connectivity index (χ0) is 32.2. The predicted molar refractivity (Wildman–Crippen MR) is 175 cm³/mol. The van der Waals surface area contributed by atoms with Crippen LogP contribution >= 0.6 is 0 Å². The van der Waals surface area contributed by atoms with Crippen molar-refractivity contribution in [3.05, 3.63) is 29.7 Å². The Morgan fingerprint density at radius 1 is 0.977 bits per heavy atom. The number of ether oxygens (including phenoxy) is 2. The SMILES string of the molecule is C/C=C(\C)CCN(CCCN(C[C@@H]1CC[C@H](n2cc(C3CC3)c3c(N)ncnc32)C1)C(=O)OC(C)(C)C)C(=O)OC(C)(C)C. The van der Waals surface area contributed by atoms with Gasteiger partial charge < -0.3 is 29.6 Å². The van der Waals surface area contributed by atoms with Gasteiger partial charge in [-0.1, -0.05) is 11.6 Å². The van der Waals surface area contributed by atoms with Crippen LogP contribution < -0.4 is 5.73 Å². The standard InChI is InChI=1S/C34H54N6O4/c1-9-23(2)15-18-38(31(41)43-33(3,4)5)16-10-17-39(32(42)44-34(6,7)8)20-24-11-14-26(19-24)40-21-27(25-12-13-25)28-29(35)36-22-37-30(28)40/h9,21-22,24-26H,10-20H2,1-8H3,(H2,35,36,37)/b23-9+/t24-,26+/m1/s1. The first kappa shape index (κ1) is 33.6. The molecular formula is C34H54N6O4. The van der Waals surface area contributed by atoms with Crippen molar-refractivity contribution in [1.82, 2.24) is 24.3 Å². The number of hydrogen-bond donors (Lipinski definition) is 1. The number of anilines is 1. The fourth-order valence-electron chi connectivity index (χ4n) is 6.01. The molecule has 2 fully saturated rings. The summed E-state index contributed by atoms with van der Waals surface area (Å²) in [6.45, 7) is 17.6. The summed E-state index contributed by atoms with van der Waals surface area (Å²) in [5.74, 6) is 1.43. The van der Waals surface area contributed by atoms with Crippen molar-refractivity contribution < 1.29 is 19.1 Å². The second-order valence-corrected chi connectivity index (χ2v) is 14.7. The molecular weight excluding hydrogens is 556 g/mol. The zero-order valence-electron chi connectivity index (χ0n) is 28.2. The maximum atomic E-state index is 13.4. The van der Waals surface area contributed by atoms with E-state index in [0.29, 0.717) is 56.3 Å². The summed E-state index contributed by atoms with van der Waals surface area (Å²) in [7, 11) is 0. The van der Waals surface area contributed by atoms with E-state index in [1.165, 1.54) is 24.0 Å². The Labute approximate surface area is 263 Å². The number of carbonyl (C=O) groups is 2. The number of nitrogen functional groups attached to an aromatic ring is 1. The summed E-state index contributed by atoms with van der Waals surface area (Å²) >= 11 is 0. The smallest absolute Gasteiger partial charge is 0.410 e. The second kappa shape index (κ2) is 13.8. The average Bonchev–Trinajstić information content (AvgIpc) is 3.53. The van der Waals surface area contributed by atoms with Crippen molar-refractivity contribution >= 4 is 29.0 Å². The van der Waals surface area contributed by atoms with Gasteiger partial charge in [0.2, 0.25) is 0 Å². The second-order valence-electron chi connectivity index (χ2n) is 14.7. The van der Waals surface area contributed by atoms with Gasteiger partial charge in [0, 0.05) is 38.4 Å². The number of aromatic nitrogens is 3. The monoisotopic (exact) mass is 610 g/mol. The molecule has 44 heavy (non-hydrogen) atoms. The van der Waals surface area contributed by atoms with Gasteiger partial charge in [-0.15, -0.1) is 0 Å². The van der Waals surface area contributed by atoms with Crippen LogP contribution in [0.5, 0.6) is 0 Å². The molecule has 2 N–H and O–H groups in total. The number of amides is 2. The van der Waals surface area contributed by atoms with Crippen LogP contribution in [0.3, 0.4) is 0 Å². The molecule has 0 aliphatic heterocycles. The summed E-state index contributed by atoms with van der Waals surface area (Å²) in [6.07, 6.45) is 12.0. The van der Waals surface area contributed by atoms with Gasteiger partial charge in [-0.25, -0.2) is 19.6 Å². The normalized spacial score (nSPS) is 19.3. The third-order valence-corrected chi connectivity index (χ3v) is 8.50. The van der Waals surface area contributed by atoms with E-state index in [1.54, 1.807) is 11.2 Å². The minimum absolute atomic E-state index is 0.294. The van der Waals surface area contributed by atoms with E-state index in [1.807, 2.05) is 53.4 Å². The van der Waals surface area contributed by atoms with Crippen LogP contribution in [0.1, 0.15) is 118 Å². The van der Waals surface area contributed by atoms with E-state index in [9.17, 15) is 9.59 Å². The molecule has 2 aliphatic carbocycles. The molecule has 244 valence electrons. The molecule has 10 nitrogen and oxygen atoms in total. The minimum atomic E-state index is -0.594. The lowest BCUT2D eigenvalue weighted by Crippen LogP contribution is -2.42. The molecule has 2 aliphatic rings. The van der Waals surface area contributed by atoms with Gasteiger partial charge >= 0.3 is 12.2 Å². The summed E-state index contributed by atoms with van der Waals surface area (Å²) in [6, 6.07) is 0.294. The van der Waals surface area contributed by atoms with Gasteiger partial charge in [0.05, 0.1) is 5.39 Å². The molecule has 2 aromatic rings. The highest BCUT2D eigenvalue weighted by Gasteiger charge is 2.34. The Morgan fingerprint density at radius 2 is 1.61 bits per heavy atom. The Bertz CT molecular complexity index is 1330. The lowest BCUT2D eigenvalue weighted by molar-refractivity contribution is 0.0186. The number of nitrogens with two attached hydrogens (primary N) is 1. The van der Waals surface area contributed by atoms with E-state index < -0.39 is 11.2 Å². The average molecular weight is 611 g/mol. The van der Waals surface area contributed by atoms with E-state index in [-0.39, 0.29) is 12.2 Å². The first-order chi connectivity index (χ1) is 20.6. The van der Waals surface area contributed by atoms with Crippen LogP contribution in [0, 0.1) is 5.92 Å². The van der Waals surface area contributed by atoms with Crippen molar-refractivity contribution in [2.45, 2.75) is 123 Å². The lowest BCUT2D eigenvalue weighted by Gasteiger charge is -2.31. The summed E-state index contributed by atoms with van der Waals surface area (Å²) in [4.78, 5) is 38.9. The van der Waals surface area contributed by atoms with Gasteiger partial charge in [-0.3, -0.25) is 0 Å². The summed E-state index contributed by atoms with van der Waals surface area (Å²) < 4.78 is 13.8. The Balaban J connectivity index is 1.44. The number of hydrogen-bond acceptors (Lipinski definition) is 7. The Morgan fingerprint density at radius 3 is 2.23 bits per heavy atom. The number of rotatable bonds is 11. The molecule has 2 amide bonds. The van der Waals surface area contributed by atoms with Crippen molar-refractivity contribution in [2.75, 3.05) is 31.9 Å². The molecule has 0 bridgehead atoms. The lowest BCUT2D eigenvalue weighted by atomic mass is 10.1. The molecule has 0 unspecified atom stereocenters. The van der Waals surface area contributed by atoms with Crippen molar-refractivity contribution in [3.63, 3.8) is 0 Å². The molecule has 2 heterocycles. The van der Waals surface area contributed by atoms with Gasteiger partial charge in [-0.2, -0.15) is 0 Å². The van der Waals surface area contributed by atoms with Crippen LogP contribution in [-0.2, 0) is 9.47 Å². The molecule has 0 aromatic carbocycles. The van der Waals surface area contributed by atoms with E-state index in [4.69, 9.17) is 15.2 Å². The third-order valence-electron chi connectivity index (χ3n) is 8.50. The molecule has 10 heteroatoms. The largest absolute Gasteiger partial charge is 0.444 e. The van der Waals surface area contributed by atoms with Crippen LogP contribution in [-0.4, -0.2) is 73.9 Å². The predicted octanol–water partition coefficient (Wildman–Crippen LogP) is 7.45. The maximum Gasteiger partial charge on any atom is 0.410 e. The van der Waals surface area contributed by atoms with Gasteiger partial charge in [-0.05, 0) is 118 Å². The fourth-order valence-corrected chi connectivity index (χ4v) is 6.01. The molecule has 0 saturated heterocycles. The highest BCUT2D eigenvalue weighted by Crippen LogP contribution is 2.46. The first-order valence-electron chi connectivity index (χ1n) is 16.3. The Hall–Kier alpha value is -3.30. The van der Waals surface area contributed by atoms with E-state index in [2.05, 4.69) is 33.7 Å².